The Labute approximate surface area is 140 Å². The van der Waals surface area contributed by atoms with E-state index in [0.29, 0.717) is 18.2 Å². The number of hydrogen-bond acceptors (Lipinski definition) is 4. The maximum atomic E-state index is 11.8. The molecule has 0 radical (unpaired) electrons. The fourth-order valence-corrected chi connectivity index (χ4v) is 2.65. The first-order valence-corrected chi connectivity index (χ1v) is 8.17. The van der Waals surface area contributed by atoms with Crippen molar-refractivity contribution in [2.75, 3.05) is 12.4 Å². The summed E-state index contributed by atoms with van der Waals surface area (Å²) in [7, 11) is 1.64. The third-order valence-corrected chi connectivity index (χ3v) is 3.84. The van der Waals surface area contributed by atoms with Crippen molar-refractivity contribution in [2.24, 2.45) is 5.92 Å². The molecule has 0 fully saturated rings. The number of rotatable bonds is 5. The fourth-order valence-electron chi connectivity index (χ4n) is 2.65. The zero-order valence-corrected chi connectivity index (χ0v) is 14.5. The van der Waals surface area contributed by atoms with Gasteiger partial charge in [-0.3, -0.25) is 4.79 Å². The SMILES string of the molecule is CCC(=O)Nc1nn(CC(C)C)c2nc3ccc(OC)cc3cc12. The second-order valence-electron chi connectivity index (χ2n) is 6.24. The summed E-state index contributed by atoms with van der Waals surface area (Å²) in [6.45, 7) is 6.82. The van der Waals surface area contributed by atoms with Crippen molar-refractivity contribution >= 4 is 33.7 Å². The molecule has 6 nitrogen and oxygen atoms in total. The molecular weight excluding hydrogens is 304 g/mol. The molecule has 0 saturated heterocycles. The van der Waals surface area contributed by atoms with Crippen molar-refractivity contribution in [3.8, 4) is 5.75 Å². The maximum Gasteiger partial charge on any atom is 0.225 e. The Hall–Kier alpha value is -2.63. The van der Waals surface area contributed by atoms with E-state index in [1.165, 1.54) is 0 Å². The number of nitrogens with zero attached hydrogens (tertiary/aromatic N) is 3. The number of amides is 1. The number of fused-ring (bicyclic) bond motifs is 2. The number of carbonyl (C=O) groups is 1. The number of methoxy groups -OCH3 is 1. The van der Waals surface area contributed by atoms with Gasteiger partial charge in [0.25, 0.3) is 0 Å². The molecule has 0 aliphatic rings. The van der Waals surface area contributed by atoms with Crippen molar-refractivity contribution in [3.63, 3.8) is 0 Å². The molecule has 6 heteroatoms. The molecule has 2 heterocycles. The summed E-state index contributed by atoms with van der Waals surface area (Å²) >= 11 is 0. The zero-order valence-electron chi connectivity index (χ0n) is 14.5. The Bertz CT molecular complexity index is 899. The second-order valence-corrected chi connectivity index (χ2v) is 6.24. The molecule has 1 aromatic carbocycles. The molecule has 0 saturated carbocycles. The number of anilines is 1. The van der Waals surface area contributed by atoms with Gasteiger partial charge in [-0.05, 0) is 30.2 Å². The summed E-state index contributed by atoms with van der Waals surface area (Å²) < 4.78 is 7.16. The summed E-state index contributed by atoms with van der Waals surface area (Å²) in [5, 5.41) is 9.26. The summed E-state index contributed by atoms with van der Waals surface area (Å²) in [5.41, 5.74) is 1.66. The van der Waals surface area contributed by atoms with Gasteiger partial charge in [0.15, 0.2) is 11.5 Å². The first-order chi connectivity index (χ1) is 11.5. The number of ether oxygens (including phenoxy) is 1. The highest BCUT2D eigenvalue weighted by atomic mass is 16.5. The average molecular weight is 326 g/mol. The molecule has 0 aliphatic heterocycles. The third kappa shape index (κ3) is 3.04. The van der Waals surface area contributed by atoms with Crippen LogP contribution in [-0.4, -0.2) is 27.8 Å². The van der Waals surface area contributed by atoms with Crippen LogP contribution in [-0.2, 0) is 11.3 Å². The summed E-state index contributed by atoms with van der Waals surface area (Å²) in [6.07, 6.45) is 0.410. The summed E-state index contributed by atoms with van der Waals surface area (Å²) in [6, 6.07) is 7.77. The van der Waals surface area contributed by atoms with E-state index in [1.54, 1.807) is 7.11 Å². The van der Waals surface area contributed by atoms with Crippen molar-refractivity contribution in [1.82, 2.24) is 14.8 Å². The van der Waals surface area contributed by atoms with Gasteiger partial charge in [-0.15, -0.1) is 0 Å². The largest absolute Gasteiger partial charge is 0.497 e. The molecule has 0 aliphatic carbocycles. The molecule has 1 amide bonds. The lowest BCUT2D eigenvalue weighted by molar-refractivity contribution is -0.115. The van der Waals surface area contributed by atoms with Crippen LogP contribution >= 0.6 is 0 Å². The topological polar surface area (TPSA) is 69.0 Å². The van der Waals surface area contributed by atoms with Gasteiger partial charge < -0.3 is 10.1 Å². The number of carbonyl (C=O) groups excluding carboxylic acids is 1. The number of pyridine rings is 1. The number of benzene rings is 1. The third-order valence-electron chi connectivity index (χ3n) is 3.84. The molecule has 1 N–H and O–H groups in total. The van der Waals surface area contributed by atoms with Crippen LogP contribution in [0.5, 0.6) is 5.75 Å². The van der Waals surface area contributed by atoms with E-state index in [0.717, 1.165) is 34.2 Å². The van der Waals surface area contributed by atoms with Gasteiger partial charge in [-0.25, -0.2) is 9.67 Å². The molecule has 0 spiro atoms. The van der Waals surface area contributed by atoms with Crippen LogP contribution in [0.25, 0.3) is 21.9 Å². The van der Waals surface area contributed by atoms with Crippen LogP contribution in [0, 0.1) is 5.92 Å². The van der Waals surface area contributed by atoms with Crippen molar-refractivity contribution in [2.45, 2.75) is 33.7 Å². The van der Waals surface area contributed by atoms with Gasteiger partial charge in [0.1, 0.15) is 5.75 Å². The second kappa shape index (κ2) is 6.47. The van der Waals surface area contributed by atoms with E-state index in [1.807, 2.05) is 35.9 Å². The maximum absolute atomic E-state index is 11.8. The lowest BCUT2D eigenvalue weighted by Gasteiger charge is -2.06. The van der Waals surface area contributed by atoms with Crippen molar-refractivity contribution in [3.05, 3.63) is 24.3 Å². The Morgan fingerprint density at radius 1 is 1.33 bits per heavy atom. The van der Waals surface area contributed by atoms with Gasteiger partial charge >= 0.3 is 0 Å². The molecule has 24 heavy (non-hydrogen) atoms. The Morgan fingerprint density at radius 2 is 2.12 bits per heavy atom. The molecule has 0 unspecified atom stereocenters. The number of nitrogens with one attached hydrogen (secondary N) is 1. The monoisotopic (exact) mass is 326 g/mol. The molecule has 3 aromatic rings. The molecule has 126 valence electrons. The highest BCUT2D eigenvalue weighted by Crippen LogP contribution is 2.28. The number of aromatic nitrogens is 3. The van der Waals surface area contributed by atoms with Crippen molar-refractivity contribution < 1.29 is 9.53 Å². The van der Waals surface area contributed by atoms with Gasteiger partial charge in [-0.1, -0.05) is 20.8 Å². The predicted molar refractivity (Wildman–Crippen MR) is 95.3 cm³/mol. The minimum absolute atomic E-state index is 0.0585. The predicted octanol–water partition coefficient (Wildman–Crippen LogP) is 3.60. The summed E-state index contributed by atoms with van der Waals surface area (Å²) in [5.74, 6) is 1.71. The quantitative estimate of drug-likeness (QED) is 0.778. The zero-order chi connectivity index (χ0) is 17.3. The average Bonchev–Trinajstić information content (AvgIpc) is 2.88. The number of hydrogen-bond donors (Lipinski definition) is 1. The molecular formula is C18H22N4O2. The molecule has 0 bridgehead atoms. The Kier molecular flexibility index (Phi) is 4.38. The first-order valence-electron chi connectivity index (χ1n) is 8.17. The standard InChI is InChI=1S/C18H22N4O2/c1-5-16(23)20-17-14-9-12-8-13(24-4)6-7-15(12)19-18(14)22(21-17)10-11(2)3/h6-9,11H,5,10H2,1-4H3,(H,20,21,23). The van der Waals surface area contributed by atoms with Gasteiger partial charge in [0, 0.05) is 18.4 Å². The van der Waals surface area contributed by atoms with Gasteiger partial charge in [0.05, 0.1) is 18.0 Å². The minimum atomic E-state index is -0.0585. The van der Waals surface area contributed by atoms with Crippen LogP contribution in [0.1, 0.15) is 27.2 Å². The Morgan fingerprint density at radius 3 is 2.79 bits per heavy atom. The minimum Gasteiger partial charge on any atom is -0.497 e. The van der Waals surface area contributed by atoms with Crippen LogP contribution in [0.3, 0.4) is 0 Å². The molecule has 3 rings (SSSR count). The molecule has 2 aromatic heterocycles. The highest BCUT2D eigenvalue weighted by Gasteiger charge is 2.16. The normalized spacial score (nSPS) is 11.4. The smallest absolute Gasteiger partial charge is 0.225 e. The fraction of sp³-hybridized carbons (Fsp3) is 0.389. The van der Waals surface area contributed by atoms with E-state index in [2.05, 4.69) is 24.3 Å². The summed E-state index contributed by atoms with van der Waals surface area (Å²) in [4.78, 5) is 16.6. The molecule has 0 atom stereocenters. The van der Waals surface area contributed by atoms with Crippen LogP contribution in [0.2, 0.25) is 0 Å². The van der Waals surface area contributed by atoms with E-state index in [-0.39, 0.29) is 5.91 Å². The van der Waals surface area contributed by atoms with E-state index in [4.69, 9.17) is 9.72 Å². The van der Waals surface area contributed by atoms with Gasteiger partial charge in [0.2, 0.25) is 5.91 Å². The van der Waals surface area contributed by atoms with Crippen LogP contribution in [0.4, 0.5) is 5.82 Å². The van der Waals surface area contributed by atoms with E-state index < -0.39 is 0 Å². The van der Waals surface area contributed by atoms with Gasteiger partial charge in [-0.2, -0.15) is 5.10 Å². The Balaban J connectivity index is 2.21. The lowest BCUT2D eigenvalue weighted by Crippen LogP contribution is -2.11. The first kappa shape index (κ1) is 16.2. The van der Waals surface area contributed by atoms with Crippen molar-refractivity contribution in [1.29, 1.82) is 0 Å². The van der Waals surface area contributed by atoms with Crippen LogP contribution in [0.15, 0.2) is 24.3 Å². The van der Waals surface area contributed by atoms with Crippen LogP contribution < -0.4 is 10.1 Å². The van der Waals surface area contributed by atoms with E-state index in [9.17, 15) is 4.79 Å². The highest BCUT2D eigenvalue weighted by molar-refractivity contribution is 6.02. The van der Waals surface area contributed by atoms with E-state index >= 15 is 0 Å². The lowest BCUT2D eigenvalue weighted by atomic mass is 10.1.